The Labute approximate surface area is 237 Å². The maximum atomic E-state index is 14.6. The molecule has 1 aromatic heterocycles. The largest absolute Gasteiger partial charge is 0.511 e. The summed E-state index contributed by atoms with van der Waals surface area (Å²) in [5, 5.41) is 9.85. The molecule has 3 aromatic rings. The third-order valence-electron chi connectivity index (χ3n) is 7.90. The third-order valence-corrected chi connectivity index (χ3v) is 8.70. The summed E-state index contributed by atoms with van der Waals surface area (Å²) < 4.78 is 4.96. The summed E-state index contributed by atoms with van der Waals surface area (Å²) in [7, 11) is 3.81. The van der Waals surface area contributed by atoms with Crippen molar-refractivity contribution in [2.24, 2.45) is 0 Å². The molecule has 1 unspecified atom stereocenters. The zero-order valence-corrected chi connectivity index (χ0v) is 23.4. The molecule has 1 fully saturated rings. The highest BCUT2D eigenvalue weighted by atomic mass is 35.5. The number of benzene rings is 2. The van der Waals surface area contributed by atoms with Crippen LogP contribution in [0.4, 0.5) is 21.0 Å². The van der Waals surface area contributed by atoms with E-state index in [2.05, 4.69) is 9.88 Å². The minimum absolute atomic E-state index is 0.0386. The Balaban J connectivity index is 1.47. The highest BCUT2D eigenvalue weighted by Crippen LogP contribution is 2.43. The third kappa shape index (κ3) is 5.41. The molecule has 2 aliphatic rings. The second kappa shape index (κ2) is 11.0. The summed E-state index contributed by atoms with van der Waals surface area (Å²) in [6, 6.07) is 14.3. The number of carbonyl (C=O) groups excluding carboxylic acids is 1. The second-order valence-corrected chi connectivity index (χ2v) is 11.3. The molecule has 1 aliphatic heterocycles. The number of quaternary nitrogens is 1. The van der Waals surface area contributed by atoms with Crippen molar-refractivity contribution in [2.45, 2.75) is 37.8 Å². The number of fused-ring (bicyclic) bond motifs is 1. The molecule has 2 amide bonds. The van der Waals surface area contributed by atoms with E-state index in [9.17, 15) is 9.59 Å². The van der Waals surface area contributed by atoms with Crippen LogP contribution in [0, 0.1) is 0 Å². The molecule has 5 rings (SSSR count). The first-order chi connectivity index (χ1) is 18.7. The van der Waals surface area contributed by atoms with Gasteiger partial charge in [-0.25, -0.2) is 14.1 Å². The predicted molar refractivity (Wildman–Crippen MR) is 152 cm³/mol. The Bertz CT molecular complexity index is 1380. The number of carboxylic acid groups (broad SMARTS) is 1. The van der Waals surface area contributed by atoms with Crippen LogP contribution in [0.5, 0.6) is 5.75 Å². The molecule has 0 spiro atoms. The van der Waals surface area contributed by atoms with Crippen molar-refractivity contribution in [2.75, 3.05) is 37.0 Å². The van der Waals surface area contributed by atoms with Crippen molar-refractivity contribution in [3.63, 3.8) is 0 Å². The van der Waals surface area contributed by atoms with Crippen LogP contribution in [0.1, 0.15) is 36.4 Å². The number of anilines is 2. The topological polar surface area (TPSA) is 83.0 Å². The highest BCUT2D eigenvalue weighted by Gasteiger charge is 2.46. The van der Waals surface area contributed by atoms with Crippen LogP contribution in [-0.2, 0) is 6.42 Å². The number of urea groups is 1. The Hall–Kier alpha value is -3.33. The normalized spacial score (nSPS) is 17.5. The van der Waals surface area contributed by atoms with E-state index in [0.717, 1.165) is 55.6 Å². The minimum atomic E-state index is -1.37. The lowest BCUT2D eigenvalue weighted by Gasteiger charge is -2.43. The van der Waals surface area contributed by atoms with E-state index in [-0.39, 0.29) is 28.3 Å². The van der Waals surface area contributed by atoms with Crippen molar-refractivity contribution < 1.29 is 23.9 Å². The van der Waals surface area contributed by atoms with E-state index < -0.39 is 6.16 Å². The van der Waals surface area contributed by atoms with Gasteiger partial charge in [0.2, 0.25) is 0 Å². The Kier molecular flexibility index (Phi) is 7.71. The number of nitrogens with zero attached hydrogens (tertiary/aromatic N) is 4. The van der Waals surface area contributed by atoms with Crippen LogP contribution in [0.25, 0.3) is 0 Å². The van der Waals surface area contributed by atoms with Gasteiger partial charge in [-0.3, -0.25) is 9.88 Å². The summed E-state index contributed by atoms with van der Waals surface area (Å²) >= 11 is 13.1. The monoisotopic (exact) mass is 569 g/mol. The summed E-state index contributed by atoms with van der Waals surface area (Å²) in [6.07, 6.45) is 5.27. The minimum Gasteiger partial charge on any atom is -0.449 e. The molecule has 39 heavy (non-hydrogen) atoms. The van der Waals surface area contributed by atoms with Gasteiger partial charge in [0.1, 0.15) is 11.8 Å². The van der Waals surface area contributed by atoms with E-state index in [0.29, 0.717) is 15.7 Å². The average Bonchev–Trinajstić information content (AvgIpc) is 3.36. The zero-order valence-electron chi connectivity index (χ0n) is 21.9. The van der Waals surface area contributed by atoms with Crippen molar-refractivity contribution >= 4 is 46.8 Å². The number of pyridine rings is 1. The van der Waals surface area contributed by atoms with Gasteiger partial charge in [0, 0.05) is 49.2 Å². The first kappa shape index (κ1) is 27.2. The molecule has 10 heteroatoms. The number of aromatic nitrogens is 1. The molecule has 1 saturated heterocycles. The van der Waals surface area contributed by atoms with Crippen molar-refractivity contribution in [3.8, 4) is 5.75 Å². The number of rotatable bonds is 5. The van der Waals surface area contributed by atoms with Crippen molar-refractivity contribution in [1.29, 1.82) is 0 Å². The van der Waals surface area contributed by atoms with E-state index in [4.69, 9.17) is 33.0 Å². The smallest absolute Gasteiger partial charge is 0.449 e. The van der Waals surface area contributed by atoms with Gasteiger partial charge in [0.15, 0.2) is 0 Å². The number of halogens is 2. The van der Waals surface area contributed by atoms with Gasteiger partial charge in [0.25, 0.3) is 0 Å². The number of aryl methyl sites for hydroxylation is 1. The summed E-state index contributed by atoms with van der Waals surface area (Å²) in [4.78, 5) is 34.0. The molecule has 0 saturated carbocycles. The second-order valence-electron chi connectivity index (χ2n) is 10.5. The molecule has 2 heterocycles. The molecule has 0 bridgehead atoms. The van der Waals surface area contributed by atoms with E-state index in [1.807, 2.05) is 49.3 Å². The first-order valence-corrected chi connectivity index (χ1v) is 13.7. The number of carbonyl (C=O) groups is 2. The molecule has 2 aromatic carbocycles. The van der Waals surface area contributed by atoms with E-state index in [1.165, 1.54) is 0 Å². The predicted octanol–water partition coefficient (Wildman–Crippen LogP) is 6.80. The zero-order chi connectivity index (χ0) is 27.7. The lowest BCUT2D eigenvalue weighted by molar-refractivity contribution is -0.841. The quantitative estimate of drug-likeness (QED) is 0.206. The van der Waals surface area contributed by atoms with Gasteiger partial charge in [-0.2, -0.15) is 0 Å². The molecular weight excluding hydrogens is 539 g/mol. The van der Waals surface area contributed by atoms with Gasteiger partial charge in [-0.05, 0) is 61.2 Å². The maximum Gasteiger partial charge on any atom is 0.511 e. The standard InChI is InChI=1S/C29H30Cl2N4O4/c1-35(2,26-9-7-19-6-8-22(18-23(19)26)39-29(37)38)28(36)34(25-5-3-4-24(30)27(25)31)21-12-16-33(17-13-21)20-10-14-32-15-11-20/h3-6,8,10-11,14-15,18,21,26H,7,9,12-13,16-17H2,1-2H3/p+1. The number of piperidine rings is 1. The van der Waals surface area contributed by atoms with Crippen molar-refractivity contribution in [1.82, 2.24) is 4.98 Å². The number of amides is 2. The summed E-state index contributed by atoms with van der Waals surface area (Å²) in [5.74, 6) is 0.249. The fourth-order valence-electron chi connectivity index (χ4n) is 5.88. The highest BCUT2D eigenvalue weighted by molar-refractivity contribution is 6.44. The van der Waals surface area contributed by atoms with Crippen LogP contribution in [0.15, 0.2) is 60.9 Å². The van der Waals surface area contributed by atoms with Gasteiger partial charge in [-0.1, -0.05) is 35.3 Å². The lowest BCUT2D eigenvalue weighted by atomic mass is 10.0. The fraction of sp³-hybridized carbons (Fsp3) is 0.345. The Morgan fingerprint density at radius 1 is 1.05 bits per heavy atom. The van der Waals surface area contributed by atoms with Gasteiger partial charge in [0.05, 0.1) is 29.8 Å². The number of hydrogen-bond acceptors (Lipinski definition) is 5. The van der Waals surface area contributed by atoms with Crippen LogP contribution in [0.3, 0.4) is 0 Å². The SMILES string of the molecule is C[N+](C)(C(=O)N(c1cccc(Cl)c1Cl)C1CCN(c2ccncc2)CC1)C1CCc2ccc(OC(=O)O)cc21. The maximum absolute atomic E-state index is 14.6. The summed E-state index contributed by atoms with van der Waals surface area (Å²) in [5.41, 5.74) is 3.73. The fourth-order valence-corrected chi connectivity index (χ4v) is 6.26. The number of ether oxygens (including phenoxy) is 1. The molecule has 0 radical (unpaired) electrons. The first-order valence-electron chi connectivity index (χ1n) is 13.0. The molecule has 204 valence electrons. The molecule has 1 N–H and O–H groups in total. The van der Waals surface area contributed by atoms with Gasteiger partial charge < -0.3 is 14.7 Å². The average molecular weight is 570 g/mol. The van der Waals surface area contributed by atoms with E-state index in [1.54, 1.807) is 30.6 Å². The van der Waals surface area contributed by atoms with Crippen LogP contribution in [-0.4, -0.2) is 60.0 Å². The molecular formula is C29H31Cl2N4O4+. The van der Waals surface area contributed by atoms with Crippen molar-refractivity contribution in [3.05, 3.63) is 82.1 Å². The van der Waals surface area contributed by atoms with Crippen LogP contribution in [0.2, 0.25) is 10.0 Å². The lowest BCUT2D eigenvalue weighted by Crippen LogP contribution is -2.59. The molecule has 1 atom stereocenters. The van der Waals surface area contributed by atoms with Gasteiger partial charge in [-0.15, -0.1) is 0 Å². The van der Waals surface area contributed by atoms with Crippen LogP contribution < -0.4 is 14.5 Å². The molecule has 8 nitrogen and oxygen atoms in total. The van der Waals surface area contributed by atoms with Gasteiger partial charge >= 0.3 is 12.2 Å². The Morgan fingerprint density at radius 3 is 2.46 bits per heavy atom. The molecule has 1 aliphatic carbocycles. The Morgan fingerprint density at radius 2 is 1.77 bits per heavy atom. The summed E-state index contributed by atoms with van der Waals surface area (Å²) in [6.45, 7) is 1.57. The van der Waals surface area contributed by atoms with Crippen LogP contribution >= 0.6 is 23.2 Å². The number of hydrogen-bond donors (Lipinski definition) is 1. The van der Waals surface area contributed by atoms with E-state index >= 15 is 0 Å².